The van der Waals surface area contributed by atoms with Gasteiger partial charge in [0.25, 0.3) is 0 Å². The third kappa shape index (κ3) is 6.74. The standard InChI is InChI=1S/C13H19F3N2O2/c1-9(2)19-8-11(18-17)7-10-3-5-12(6-4-10)20-13(14,15)16/h3-6,9,11,18H,7-8,17H2,1-2H3. The molecule has 1 aromatic rings. The predicted molar refractivity (Wildman–Crippen MR) is 69.0 cm³/mol. The van der Waals surface area contributed by atoms with Crippen molar-refractivity contribution < 1.29 is 22.6 Å². The van der Waals surface area contributed by atoms with Gasteiger partial charge in [0.2, 0.25) is 0 Å². The van der Waals surface area contributed by atoms with E-state index < -0.39 is 6.36 Å². The van der Waals surface area contributed by atoms with Gasteiger partial charge in [0.15, 0.2) is 0 Å². The van der Waals surface area contributed by atoms with Crippen LogP contribution >= 0.6 is 0 Å². The molecular weight excluding hydrogens is 273 g/mol. The summed E-state index contributed by atoms with van der Waals surface area (Å²) >= 11 is 0. The van der Waals surface area contributed by atoms with Gasteiger partial charge in [-0.1, -0.05) is 12.1 Å². The van der Waals surface area contributed by atoms with Crippen molar-refractivity contribution in [1.82, 2.24) is 5.43 Å². The Hall–Kier alpha value is -1.31. The van der Waals surface area contributed by atoms with Crippen LogP contribution in [0.2, 0.25) is 0 Å². The first kappa shape index (κ1) is 16.7. The normalized spacial score (nSPS) is 13.6. The predicted octanol–water partition coefficient (Wildman–Crippen LogP) is 2.38. The number of alkyl halides is 3. The van der Waals surface area contributed by atoms with E-state index in [1.807, 2.05) is 13.8 Å². The van der Waals surface area contributed by atoms with E-state index in [1.165, 1.54) is 12.1 Å². The molecule has 0 amide bonds. The summed E-state index contributed by atoms with van der Waals surface area (Å²) in [6.07, 6.45) is -4.03. The van der Waals surface area contributed by atoms with Gasteiger partial charge in [-0.05, 0) is 38.0 Å². The fourth-order valence-corrected chi connectivity index (χ4v) is 1.59. The number of nitrogens with two attached hydrogens (primary N) is 1. The lowest BCUT2D eigenvalue weighted by molar-refractivity contribution is -0.274. The van der Waals surface area contributed by atoms with Gasteiger partial charge in [0, 0.05) is 6.04 Å². The van der Waals surface area contributed by atoms with Crippen LogP contribution in [0.25, 0.3) is 0 Å². The maximum atomic E-state index is 12.0. The van der Waals surface area contributed by atoms with Crippen molar-refractivity contribution >= 4 is 0 Å². The van der Waals surface area contributed by atoms with E-state index in [-0.39, 0.29) is 17.9 Å². The largest absolute Gasteiger partial charge is 0.573 e. The van der Waals surface area contributed by atoms with E-state index >= 15 is 0 Å². The van der Waals surface area contributed by atoms with Crippen molar-refractivity contribution in [3.05, 3.63) is 29.8 Å². The van der Waals surface area contributed by atoms with E-state index in [2.05, 4.69) is 10.2 Å². The minimum absolute atomic E-state index is 0.0911. The van der Waals surface area contributed by atoms with Crippen molar-refractivity contribution in [2.75, 3.05) is 6.61 Å². The number of hydrazine groups is 1. The number of benzene rings is 1. The molecular formula is C13H19F3N2O2. The van der Waals surface area contributed by atoms with Gasteiger partial charge >= 0.3 is 6.36 Å². The highest BCUT2D eigenvalue weighted by Gasteiger charge is 2.30. The first-order chi connectivity index (χ1) is 9.30. The van der Waals surface area contributed by atoms with E-state index in [9.17, 15) is 13.2 Å². The first-order valence-corrected chi connectivity index (χ1v) is 6.22. The molecule has 1 unspecified atom stereocenters. The lowest BCUT2D eigenvalue weighted by Crippen LogP contribution is -2.40. The minimum atomic E-state index is -4.67. The van der Waals surface area contributed by atoms with Crippen LogP contribution < -0.4 is 16.0 Å². The van der Waals surface area contributed by atoms with Gasteiger partial charge in [0.1, 0.15) is 5.75 Å². The van der Waals surface area contributed by atoms with Crippen LogP contribution in [-0.2, 0) is 11.2 Å². The lowest BCUT2D eigenvalue weighted by Gasteiger charge is -2.18. The number of hydrogen-bond donors (Lipinski definition) is 2. The van der Waals surface area contributed by atoms with Gasteiger partial charge in [-0.15, -0.1) is 13.2 Å². The summed E-state index contributed by atoms with van der Waals surface area (Å²) in [7, 11) is 0. The molecule has 1 rings (SSSR count). The van der Waals surface area contributed by atoms with E-state index in [1.54, 1.807) is 12.1 Å². The summed E-state index contributed by atoms with van der Waals surface area (Å²) in [6.45, 7) is 4.25. The zero-order valence-electron chi connectivity index (χ0n) is 11.4. The van der Waals surface area contributed by atoms with E-state index in [0.29, 0.717) is 13.0 Å². The average molecular weight is 292 g/mol. The Balaban J connectivity index is 2.55. The second kappa shape index (κ2) is 7.47. The van der Waals surface area contributed by atoms with E-state index in [0.717, 1.165) is 5.56 Å². The van der Waals surface area contributed by atoms with Crippen LogP contribution in [0.4, 0.5) is 13.2 Å². The second-order valence-corrected chi connectivity index (χ2v) is 4.64. The highest BCUT2D eigenvalue weighted by Crippen LogP contribution is 2.23. The SMILES string of the molecule is CC(C)OCC(Cc1ccc(OC(F)(F)F)cc1)NN. The molecule has 0 spiro atoms. The van der Waals surface area contributed by atoms with Crippen LogP contribution in [0, 0.1) is 0 Å². The van der Waals surface area contributed by atoms with Crippen molar-refractivity contribution in [3.8, 4) is 5.75 Å². The fourth-order valence-electron chi connectivity index (χ4n) is 1.59. The molecule has 0 aromatic heterocycles. The molecule has 1 atom stereocenters. The van der Waals surface area contributed by atoms with Crippen molar-refractivity contribution in [2.24, 2.45) is 5.84 Å². The highest BCUT2D eigenvalue weighted by atomic mass is 19.4. The topological polar surface area (TPSA) is 56.5 Å². The zero-order valence-corrected chi connectivity index (χ0v) is 11.4. The summed E-state index contributed by atoms with van der Waals surface area (Å²) in [5, 5.41) is 0. The molecule has 4 nitrogen and oxygen atoms in total. The average Bonchev–Trinajstić information content (AvgIpc) is 2.34. The fraction of sp³-hybridized carbons (Fsp3) is 0.538. The molecule has 0 aliphatic rings. The molecule has 3 N–H and O–H groups in total. The maximum Gasteiger partial charge on any atom is 0.573 e. The molecule has 0 saturated heterocycles. The van der Waals surface area contributed by atoms with Crippen molar-refractivity contribution in [2.45, 2.75) is 38.8 Å². The Morgan fingerprint density at radius 3 is 2.25 bits per heavy atom. The number of halogens is 3. The Bertz CT molecular complexity index is 394. The van der Waals surface area contributed by atoms with Gasteiger partial charge in [0.05, 0.1) is 12.7 Å². The van der Waals surface area contributed by atoms with Crippen LogP contribution in [0.15, 0.2) is 24.3 Å². The Labute approximate surface area is 116 Å². The quantitative estimate of drug-likeness (QED) is 0.598. The summed E-state index contributed by atoms with van der Waals surface area (Å²) in [5.41, 5.74) is 3.46. The van der Waals surface area contributed by atoms with Crippen LogP contribution in [0.5, 0.6) is 5.75 Å². The minimum Gasteiger partial charge on any atom is -0.406 e. The molecule has 0 bridgehead atoms. The molecule has 0 saturated carbocycles. The number of nitrogens with one attached hydrogen (secondary N) is 1. The van der Waals surface area contributed by atoms with E-state index in [4.69, 9.17) is 10.6 Å². The summed E-state index contributed by atoms with van der Waals surface area (Å²) in [4.78, 5) is 0. The maximum absolute atomic E-state index is 12.0. The molecule has 0 aliphatic heterocycles. The summed E-state index contributed by atoms with van der Waals surface area (Å²) < 4.78 is 45.3. The Morgan fingerprint density at radius 1 is 1.20 bits per heavy atom. The van der Waals surface area contributed by atoms with Crippen LogP contribution in [0.3, 0.4) is 0 Å². The number of ether oxygens (including phenoxy) is 2. The molecule has 7 heteroatoms. The summed E-state index contributed by atoms with van der Waals surface area (Å²) in [5.74, 6) is 5.18. The third-order valence-electron chi connectivity index (χ3n) is 2.51. The smallest absolute Gasteiger partial charge is 0.406 e. The summed E-state index contributed by atoms with van der Waals surface area (Å²) in [6, 6.07) is 5.59. The second-order valence-electron chi connectivity index (χ2n) is 4.64. The molecule has 20 heavy (non-hydrogen) atoms. The molecule has 0 radical (unpaired) electrons. The monoisotopic (exact) mass is 292 g/mol. The zero-order chi connectivity index (χ0) is 15.2. The Morgan fingerprint density at radius 2 is 1.80 bits per heavy atom. The number of rotatable bonds is 7. The molecule has 0 heterocycles. The van der Waals surface area contributed by atoms with Gasteiger partial charge in [-0.3, -0.25) is 11.3 Å². The van der Waals surface area contributed by atoms with Crippen LogP contribution in [0.1, 0.15) is 19.4 Å². The van der Waals surface area contributed by atoms with Gasteiger partial charge < -0.3 is 9.47 Å². The van der Waals surface area contributed by atoms with Gasteiger partial charge in [-0.2, -0.15) is 0 Å². The lowest BCUT2D eigenvalue weighted by atomic mass is 10.1. The first-order valence-electron chi connectivity index (χ1n) is 6.22. The van der Waals surface area contributed by atoms with Crippen molar-refractivity contribution in [1.29, 1.82) is 0 Å². The van der Waals surface area contributed by atoms with Crippen LogP contribution in [-0.4, -0.2) is 25.1 Å². The number of hydrogen-bond acceptors (Lipinski definition) is 4. The van der Waals surface area contributed by atoms with Crippen molar-refractivity contribution in [3.63, 3.8) is 0 Å². The molecule has 0 fully saturated rings. The molecule has 114 valence electrons. The van der Waals surface area contributed by atoms with Gasteiger partial charge in [-0.25, -0.2) is 0 Å². The third-order valence-corrected chi connectivity index (χ3v) is 2.51. The molecule has 0 aliphatic carbocycles. The highest BCUT2D eigenvalue weighted by molar-refractivity contribution is 5.28. The Kier molecular flexibility index (Phi) is 6.25. The molecule has 1 aromatic carbocycles.